The Balaban J connectivity index is 2.25. The van der Waals surface area contributed by atoms with Crippen LogP contribution < -0.4 is 0 Å². The summed E-state index contributed by atoms with van der Waals surface area (Å²) in [6.45, 7) is 4.11. The largest absolute Gasteiger partial charge is 0.281 e. The number of aromatic nitrogens is 3. The Kier molecular flexibility index (Phi) is 3.45. The highest BCUT2D eigenvalue weighted by molar-refractivity contribution is 6.17. The van der Waals surface area contributed by atoms with Crippen LogP contribution in [-0.4, -0.2) is 20.4 Å². The summed E-state index contributed by atoms with van der Waals surface area (Å²) in [5, 5.41) is 0. The summed E-state index contributed by atoms with van der Waals surface area (Å²) >= 11 is 5.91. The van der Waals surface area contributed by atoms with Gasteiger partial charge in [0.1, 0.15) is 11.3 Å². The number of hydrogen-bond donors (Lipinski definition) is 0. The molecule has 0 unspecified atom stereocenters. The van der Waals surface area contributed by atoms with Crippen LogP contribution in [0.15, 0.2) is 36.5 Å². The van der Waals surface area contributed by atoms with Gasteiger partial charge in [-0.3, -0.25) is 4.57 Å². The highest BCUT2D eigenvalue weighted by Gasteiger charge is 2.13. The van der Waals surface area contributed by atoms with Crippen molar-refractivity contribution in [2.75, 3.05) is 5.88 Å². The summed E-state index contributed by atoms with van der Waals surface area (Å²) < 4.78 is 2.09. The van der Waals surface area contributed by atoms with Gasteiger partial charge in [0, 0.05) is 24.2 Å². The number of pyridine rings is 1. The summed E-state index contributed by atoms with van der Waals surface area (Å²) in [5.74, 6) is 1.51. The second-order valence-corrected chi connectivity index (χ2v) is 5.37. The lowest BCUT2D eigenvalue weighted by atomic mass is 10.2. The fourth-order valence-corrected chi connectivity index (χ4v) is 2.50. The molecule has 0 spiro atoms. The van der Waals surface area contributed by atoms with Gasteiger partial charge in [-0.1, -0.05) is 17.7 Å². The summed E-state index contributed by atoms with van der Waals surface area (Å²) in [6, 6.07) is 10.4. The van der Waals surface area contributed by atoms with Crippen molar-refractivity contribution in [2.45, 2.75) is 20.3 Å². The summed E-state index contributed by atoms with van der Waals surface area (Å²) in [7, 11) is 0. The zero-order valence-corrected chi connectivity index (χ0v) is 12.4. The Morgan fingerprint density at radius 3 is 2.55 bits per heavy atom. The Hall–Kier alpha value is -1.87. The van der Waals surface area contributed by atoms with Crippen molar-refractivity contribution in [3.8, 4) is 5.69 Å². The van der Waals surface area contributed by atoms with Gasteiger partial charge in [0.25, 0.3) is 0 Å². The molecule has 4 heteroatoms. The number of imidazole rings is 1. The van der Waals surface area contributed by atoms with E-state index in [0.717, 1.165) is 34.7 Å². The molecule has 0 atom stereocenters. The maximum atomic E-state index is 5.91. The first-order valence-electron chi connectivity index (χ1n) is 6.66. The van der Waals surface area contributed by atoms with Crippen molar-refractivity contribution < 1.29 is 0 Å². The van der Waals surface area contributed by atoms with Crippen molar-refractivity contribution in [1.82, 2.24) is 14.5 Å². The molecule has 0 fully saturated rings. The number of rotatable bonds is 3. The van der Waals surface area contributed by atoms with Gasteiger partial charge in [0.05, 0.1) is 0 Å². The monoisotopic (exact) mass is 285 g/mol. The standard InChI is InChI=1S/C16H16ClN3/c1-11-3-5-13(6-4-11)20-15(7-8-17)19-14-9-12(2)10-18-16(14)20/h3-6,9-10H,7-8H2,1-2H3. The molecule has 0 saturated carbocycles. The minimum absolute atomic E-state index is 0.550. The van der Waals surface area contributed by atoms with E-state index < -0.39 is 0 Å². The average Bonchev–Trinajstić information content (AvgIpc) is 2.77. The van der Waals surface area contributed by atoms with Gasteiger partial charge in [-0.2, -0.15) is 0 Å². The first-order chi connectivity index (χ1) is 9.69. The van der Waals surface area contributed by atoms with Crippen molar-refractivity contribution in [3.05, 3.63) is 53.5 Å². The zero-order valence-electron chi connectivity index (χ0n) is 11.6. The van der Waals surface area contributed by atoms with E-state index in [9.17, 15) is 0 Å². The van der Waals surface area contributed by atoms with Crippen molar-refractivity contribution in [2.24, 2.45) is 0 Å². The molecule has 2 aromatic heterocycles. The normalized spacial score (nSPS) is 11.2. The van der Waals surface area contributed by atoms with Crippen LogP contribution in [0.5, 0.6) is 0 Å². The highest BCUT2D eigenvalue weighted by Crippen LogP contribution is 2.21. The predicted octanol–water partition coefficient (Wildman–Crippen LogP) is 3.82. The molecular weight excluding hydrogens is 270 g/mol. The predicted molar refractivity (Wildman–Crippen MR) is 82.8 cm³/mol. The molecule has 0 saturated heterocycles. The van der Waals surface area contributed by atoms with Gasteiger partial charge < -0.3 is 0 Å². The highest BCUT2D eigenvalue weighted by atomic mass is 35.5. The first kappa shape index (κ1) is 13.1. The summed E-state index contributed by atoms with van der Waals surface area (Å²) in [6.07, 6.45) is 2.60. The lowest BCUT2D eigenvalue weighted by Crippen LogP contribution is -2.03. The molecule has 0 aliphatic heterocycles. The number of hydrogen-bond acceptors (Lipinski definition) is 2. The molecular formula is C16H16ClN3. The molecule has 3 aromatic rings. The quantitative estimate of drug-likeness (QED) is 0.685. The van der Waals surface area contributed by atoms with E-state index >= 15 is 0 Å². The Morgan fingerprint density at radius 1 is 1.10 bits per heavy atom. The first-order valence-corrected chi connectivity index (χ1v) is 7.19. The van der Waals surface area contributed by atoms with E-state index in [-0.39, 0.29) is 0 Å². The van der Waals surface area contributed by atoms with Gasteiger partial charge in [-0.05, 0) is 37.6 Å². The SMILES string of the molecule is Cc1ccc(-n2c(CCCl)nc3cc(C)cnc32)cc1. The van der Waals surface area contributed by atoms with Crippen molar-refractivity contribution in [3.63, 3.8) is 0 Å². The van der Waals surface area contributed by atoms with Crippen LogP contribution >= 0.6 is 11.6 Å². The lowest BCUT2D eigenvalue weighted by Gasteiger charge is -2.08. The summed E-state index contributed by atoms with van der Waals surface area (Å²) in [5.41, 5.74) is 5.24. The van der Waals surface area contributed by atoms with Gasteiger partial charge in [-0.15, -0.1) is 11.6 Å². The van der Waals surface area contributed by atoms with E-state index in [4.69, 9.17) is 11.6 Å². The van der Waals surface area contributed by atoms with Crippen LogP contribution in [0.2, 0.25) is 0 Å². The second-order valence-electron chi connectivity index (χ2n) is 4.99. The molecule has 0 bridgehead atoms. The molecule has 0 N–H and O–H groups in total. The van der Waals surface area contributed by atoms with Crippen molar-refractivity contribution in [1.29, 1.82) is 0 Å². The third kappa shape index (κ3) is 2.29. The van der Waals surface area contributed by atoms with Gasteiger partial charge in [-0.25, -0.2) is 9.97 Å². The Morgan fingerprint density at radius 2 is 1.85 bits per heavy atom. The maximum Gasteiger partial charge on any atom is 0.164 e. The molecule has 3 rings (SSSR count). The van der Waals surface area contributed by atoms with E-state index in [1.165, 1.54) is 5.56 Å². The number of aryl methyl sites for hydroxylation is 3. The van der Waals surface area contributed by atoms with Crippen LogP contribution in [0.3, 0.4) is 0 Å². The van der Waals surface area contributed by atoms with Gasteiger partial charge >= 0.3 is 0 Å². The average molecular weight is 286 g/mol. The molecule has 1 aromatic carbocycles. The van der Waals surface area contributed by atoms with Crippen LogP contribution in [-0.2, 0) is 6.42 Å². The van der Waals surface area contributed by atoms with Crippen LogP contribution in [0, 0.1) is 13.8 Å². The number of benzene rings is 1. The zero-order chi connectivity index (χ0) is 14.1. The molecule has 0 aliphatic carbocycles. The topological polar surface area (TPSA) is 30.7 Å². The molecule has 3 nitrogen and oxygen atoms in total. The van der Waals surface area contributed by atoms with E-state index in [1.807, 2.05) is 13.1 Å². The molecule has 0 aliphatic rings. The third-order valence-corrected chi connectivity index (χ3v) is 3.50. The van der Waals surface area contributed by atoms with E-state index in [1.54, 1.807) is 0 Å². The number of nitrogens with zero attached hydrogens (tertiary/aromatic N) is 3. The minimum atomic E-state index is 0.550. The van der Waals surface area contributed by atoms with Gasteiger partial charge in [0.2, 0.25) is 0 Å². The third-order valence-electron chi connectivity index (χ3n) is 3.31. The van der Waals surface area contributed by atoms with E-state index in [2.05, 4.69) is 51.8 Å². The molecule has 0 radical (unpaired) electrons. The number of halogens is 1. The summed E-state index contributed by atoms with van der Waals surface area (Å²) in [4.78, 5) is 9.22. The van der Waals surface area contributed by atoms with Crippen molar-refractivity contribution >= 4 is 22.8 Å². The fourth-order valence-electron chi connectivity index (χ4n) is 2.33. The fraction of sp³-hybridized carbons (Fsp3) is 0.250. The van der Waals surface area contributed by atoms with Gasteiger partial charge in [0.15, 0.2) is 5.65 Å². The maximum absolute atomic E-state index is 5.91. The van der Waals surface area contributed by atoms with E-state index in [0.29, 0.717) is 5.88 Å². The Bertz CT molecular complexity index is 744. The molecule has 0 amide bonds. The molecule has 102 valence electrons. The second kappa shape index (κ2) is 5.25. The van der Waals surface area contributed by atoms with Crippen LogP contribution in [0.1, 0.15) is 17.0 Å². The number of alkyl halides is 1. The lowest BCUT2D eigenvalue weighted by molar-refractivity contribution is 0.905. The molecule has 20 heavy (non-hydrogen) atoms. The Labute approximate surface area is 123 Å². The minimum Gasteiger partial charge on any atom is -0.281 e. The molecule has 2 heterocycles. The number of fused-ring (bicyclic) bond motifs is 1. The van der Waals surface area contributed by atoms with Crippen LogP contribution in [0.25, 0.3) is 16.9 Å². The van der Waals surface area contributed by atoms with Crippen LogP contribution in [0.4, 0.5) is 0 Å². The smallest absolute Gasteiger partial charge is 0.164 e.